The van der Waals surface area contributed by atoms with Crippen LogP contribution in [0, 0.1) is 11.3 Å². The molecule has 0 saturated carbocycles. The second-order valence-electron chi connectivity index (χ2n) is 3.62. The van der Waals surface area contributed by atoms with Crippen molar-refractivity contribution >= 4 is 27.3 Å². The van der Waals surface area contributed by atoms with E-state index >= 15 is 0 Å². The fourth-order valence-electron chi connectivity index (χ4n) is 1.53. The van der Waals surface area contributed by atoms with Gasteiger partial charge in [-0.25, -0.2) is 0 Å². The molecular formula is C13H11BrN2OS. The summed E-state index contributed by atoms with van der Waals surface area (Å²) in [5.41, 5.74) is 6.31. The van der Waals surface area contributed by atoms with Gasteiger partial charge in [0.2, 0.25) is 0 Å². The Morgan fingerprint density at radius 3 is 2.83 bits per heavy atom. The first-order valence-electron chi connectivity index (χ1n) is 5.35. The first kappa shape index (κ1) is 13.1. The quantitative estimate of drug-likeness (QED) is 0.937. The zero-order valence-corrected chi connectivity index (χ0v) is 11.9. The zero-order valence-electron chi connectivity index (χ0n) is 9.47. The molecule has 1 heterocycles. The molecule has 1 unspecified atom stereocenters. The van der Waals surface area contributed by atoms with Crippen LogP contribution in [-0.4, -0.2) is 6.54 Å². The van der Waals surface area contributed by atoms with E-state index < -0.39 is 0 Å². The second-order valence-corrected chi connectivity index (χ2v) is 6.12. The molecule has 0 aliphatic rings. The highest BCUT2D eigenvalue weighted by molar-refractivity contribution is 9.11. The summed E-state index contributed by atoms with van der Waals surface area (Å²) in [6.45, 7) is 0.393. The number of halogens is 1. The van der Waals surface area contributed by atoms with E-state index in [9.17, 15) is 0 Å². The largest absolute Gasteiger partial charge is 0.484 e. The predicted molar refractivity (Wildman–Crippen MR) is 75.6 cm³/mol. The summed E-state index contributed by atoms with van der Waals surface area (Å²) < 4.78 is 6.87. The lowest BCUT2D eigenvalue weighted by Crippen LogP contribution is -2.17. The van der Waals surface area contributed by atoms with Crippen molar-refractivity contribution in [2.75, 3.05) is 6.54 Å². The maximum absolute atomic E-state index is 8.84. The minimum atomic E-state index is -0.185. The lowest BCUT2D eigenvalue weighted by atomic mass is 10.2. The third-order valence-electron chi connectivity index (χ3n) is 2.37. The second kappa shape index (κ2) is 6.01. The van der Waals surface area contributed by atoms with Gasteiger partial charge in [-0.3, -0.25) is 0 Å². The topological polar surface area (TPSA) is 59.0 Å². The van der Waals surface area contributed by atoms with Crippen LogP contribution >= 0.6 is 27.3 Å². The predicted octanol–water partition coefficient (Wildman–Crippen LogP) is 3.46. The lowest BCUT2D eigenvalue weighted by Gasteiger charge is -2.16. The first-order chi connectivity index (χ1) is 8.72. The summed E-state index contributed by atoms with van der Waals surface area (Å²) >= 11 is 5.01. The molecule has 2 N–H and O–H groups in total. The number of thiophene rings is 1. The van der Waals surface area contributed by atoms with E-state index in [0.29, 0.717) is 17.9 Å². The number of nitrogens with two attached hydrogens (primary N) is 1. The molecule has 3 nitrogen and oxygen atoms in total. The molecule has 0 amide bonds. The van der Waals surface area contributed by atoms with Gasteiger partial charge in [-0.05, 0) is 46.3 Å². The number of ether oxygens (including phenoxy) is 1. The normalized spacial score (nSPS) is 11.8. The van der Waals surface area contributed by atoms with Crippen molar-refractivity contribution in [3.05, 3.63) is 50.6 Å². The number of nitriles is 1. The van der Waals surface area contributed by atoms with Crippen molar-refractivity contribution < 1.29 is 4.74 Å². The summed E-state index contributed by atoms with van der Waals surface area (Å²) in [6, 6.07) is 13.1. The number of nitrogens with zero attached hydrogens (tertiary/aromatic N) is 1. The van der Waals surface area contributed by atoms with E-state index in [0.717, 1.165) is 8.66 Å². The molecule has 0 saturated heterocycles. The molecule has 0 bridgehead atoms. The molecule has 0 spiro atoms. The third kappa shape index (κ3) is 3.10. The van der Waals surface area contributed by atoms with Gasteiger partial charge in [0.1, 0.15) is 11.9 Å². The molecule has 0 aliphatic carbocycles. The lowest BCUT2D eigenvalue weighted by molar-refractivity contribution is 0.218. The van der Waals surface area contributed by atoms with Crippen LogP contribution in [0.4, 0.5) is 0 Å². The van der Waals surface area contributed by atoms with Gasteiger partial charge in [-0.15, -0.1) is 11.3 Å². The van der Waals surface area contributed by atoms with Gasteiger partial charge < -0.3 is 10.5 Å². The number of hydrogen-bond donors (Lipinski definition) is 1. The van der Waals surface area contributed by atoms with Crippen molar-refractivity contribution in [3.63, 3.8) is 0 Å². The molecule has 2 rings (SSSR count). The van der Waals surface area contributed by atoms with Crippen LogP contribution < -0.4 is 10.5 Å². The van der Waals surface area contributed by atoms with Gasteiger partial charge in [0.05, 0.1) is 15.4 Å². The van der Waals surface area contributed by atoms with E-state index in [1.54, 1.807) is 29.5 Å². The van der Waals surface area contributed by atoms with Crippen molar-refractivity contribution in [1.29, 1.82) is 5.26 Å². The first-order valence-corrected chi connectivity index (χ1v) is 6.96. The molecule has 92 valence electrons. The molecule has 2 aromatic rings. The Labute approximate surface area is 118 Å². The average molecular weight is 323 g/mol. The van der Waals surface area contributed by atoms with Crippen LogP contribution in [0.1, 0.15) is 16.5 Å². The SMILES string of the molecule is N#Cc1cccc(OC(CN)c2ccc(Br)s2)c1. The highest BCUT2D eigenvalue weighted by Gasteiger charge is 2.14. The van der Waals surface area contributed by atoms with E-state index in [-0.39, 0.29) is 6.10 Å². The monoisotopic (exact) mass is 322 g/mol. The van der Waals surface area contributed by atoms with E-state index in [1.165, 1.54) is 0 Å². The Kier molecular flexibility index (Phi) is 4.37. The minimum absolute atomic E-state index is 0.185. The van der Waals surface area contributed by atoms with Gasteiger partial charge in [-0.1, -0.05) is 6.07 Å². The minimum Gasteiger partial charge on any atom is -0.484 e. The molecule has 1 atom stereocenters. The summed E-state index contributed by atoms with van der Waals surface area (Å²) in [5.74, 6) is 0.661. The molecule has 5 heteroatoms. The van der Waals surface area contributed by atoms with E-state index in [4.69, 9.17) is 15.7 Å². The smallest absolute Gasteiger partial charge is 0.145 e. The van der Waals surface area contributed by atoms with E-state index in [2.05, 4.69) is 22.0 Å². The highest BCUT2D eigenvalue weighted by Crippen LogP contribution is 2.30. The Bertz CT molecular complexity index is 576. The fraction of sp³-hybridized carbons (Fsp3) is 0.154. The summed E-state index contributed by atoms with van der Waals surface area (Å²) in [4.78, 5) is 1.06. The van der Waals surface area contributed by atoms with Gasteiger partial charge in [0.25, 0.3) is 0 Å². The van der Waals surface area contributed by atoms with E-state index in [1.807, 2.05) is 18.2 Å². The summed E-state index contributed by atoms with van der Waals surface area (Å²) in [7, 11) is 0. The molecule has 0 fully saturated rings. The standard InChI is InChI=1S/C13H11BrN2OS/c14-13-5-4-12(18-13)11(8-16)17-10-3-1-2-9(6-10)7-15/h1-6,11H,8,16H2. The van der Waals surface area contributed by atoms with Crippen molar-refractivity contribution in [2.45, 2.75) is 6.10 Å². The number of hydrogen-bond acceptors (Lipinski definition) is 4. The Balaban J connectivity index is 2.18. The van der Waals surface area contributed by atoms with Crippen LogP contribution in [0.3, 0.4) is 0 Å². The Hall–Kier alpha value is -1.35. The Morgan fingerprint density at radius 1 is 1.39 bits per heavy atom. The molecule has 1 aromatic carbocycles. The van der Waals surface area contributed by atoms with Gasteiger partial charge >= 0.3 is 0 Å². The Morgan fingerprint density at radius 2 is 2.22 bits per heavy atom. The molecule has 18 heavy (non-hydrogen) atoms. The molecule has 0 aliphatic heterocycles. The summed E-state index contributed by atoms with van der Waals surface area (Å²) in [5, 5.41) is 8.84. The molecular weight excluding hydrogens is 312 g/mol. The van der Waals surface area contributed by atoms with Crippen molar-refractivity contribution in [1.82, 2.24) is 0 Å². The van der Waals surface area contributed by atoms with Crippen LogP contribution in [0.2, 0.25) is 0 Å². The number of benzene rings is 1. The molecule has 1 aromatic heterocycles. The highest BCUT2D eigenvalue weighted by atomic mass is 79.9. The maximum atomic E-state index is 8.84. The van der Waals surface area contributed by atoms with Gasteiger partial charge in [0, 0.05) is 11.4 Å². The maximum Gasteiger partial charge on any atom is 0.145 e. The van der Waals surface area contributed by atoms with Crippen molar-refractivity contribution in [3.8, 4) is 11.8 Å². The zero-order chi connectivity index (χ0) is 13.0. The van der Waals surface area contributed by atoms with Gasteiger partial charge in [-0.2, -0.15) is 5.26 Å². The van der Waals surface area contributed by atoms with Crippen LogP contribution in [0.15, 0.2) is 40.2 Å². The summed E-state index contributed by atoms with van der Waals surface area (Å²) in [6.07, 6.45) is -0.185. The van der Waals surface area contributed by atoms with Crippen LogP contribution in [-0.2, 0) is 0 Å². The van der Waals surface area contributed by atoms with Gasteiger partial charge in [0.15, 0.2) is 0 Å². The number of rotatable bonds is 4. The third-order valence-corrected chi connectivity index (χ3v) is 4.08. The fourth-order valence-corrected chi connectivity index (χ4v) is 2.99. The molecule has 0 radical (unpaired) electrons. The van der Waals surface area contributed by atoms with Crippen LogP contribution in [0.5, 0.6) is 5.75 Å². The average Bonchev–Trinajstić information content (AvgIpc) is 2.82. The van der Waals surface area contributed by atoms with Crippen molar-refractivity contribution in [2.24, 2.45) is 5.73 Å². The van der Waals surface area contributed by atoms with Crippen LogP contribution in [0.25, 0.3) is 0 Å².